The van der Waals surface area contributed by atoms with E-state index in [-0.39, 0.29) is 11.8 Å². The van der Waals surface area contributed by atoms with Crippen molar-refractivity contribution < 1.29 is 14.0 Å². The van der Waals surface area contributed by atoms with Gasteiger partial charge in [-0.3, -0.25) is 9.59 Å². The molecule has 2 heterocycles. The Morgan fingerprint density at radius 1 is 1.06 bits per heavy atom. The quantitative estimate of drug-likeness (QED) is 0.498. The summed E-state index contributed by atoms with van der Waals surface area (Å²) in [4.78, 5) is 31.0. The number of aryl methyl sites for hydroxylation is 1. The highest BCUT2D eigenvalue weighted by Gasteiger charge is 2.19. The molecule has 156 valence electrons. The van der Waals surface area contributed by atoms with Crippen LogP contribution in [0.25, 0.3) is 22.2 Å². The van der Waals surface area contributed by atoms with E-state index in [1.165, 1.54) is 6.92 Å². The third-order valence-electron chi connectivity index (χ3n) is 5.02. The van der Waals surface area contributed by atoms with Gasteiger partial charge < -0.3 is 14.6 Å². The van der Waals surface area contributed by atoms with E-state index >= 15 is 0 Å². The highest BCUT2D eigenvalue weighted by atomic mass is 16.3. The average Bonchev–Trinajstić information content (AvgIpc) is 3.25. The zero-order valence-corrected chi connectivity index (χ0v) is 17.7. The van der Waals surface area contributed by atoms with Gasteiger partial charge in [0.2, 0.25) is 5.91 Å². The van der Waals surface area contributed by atoms with Gasteiger partial charge in [-0.15, -0.1) is 0 Å². The molecule has 0 atom stereocenters. The van der Waals surface area contributed by atoms with E-state index < -0.39 is 0 Å². The molecule has 0 aliphatic heterocycles. The number of fused-ring (bicyclic) bond motifs is 1. The molecule has 0 aliphatic rings. The molecule has 31 heavy (non-hydrogen) atoms. The molecule has 2 aromatic carbocycles. The number of anilines is 1. The number of benzene rings is 2. The van der Waals surface area contributed by atoms with Crippen LogP contribution in [0, 0.1) is 6.92 Å². The Kier molecular flexibility index (Phi) is 5.54. The standard InChI is InChI=1S/C25H23N3O3/c1-16-6-11-23-21(13-16)22(25(30)28(3)15-20-5-4-12-31-20)14-24(27-23)18-7-9-19(10-8-18)26-17(2)29/h4-14H,15H2,1-3H3,(H,26,29). The first kappa shape index (κ1) is 20.3. The molecule has 4 rings (SSSR count). The molecular weight excluding hydrogens is 390 g/mol. The van der Waals surface area contributed by atoms with Crippen LogP contribution < -0.4 is 5.32 Å². The second-order valence-electron chi connectivity index (χ2n) is 7.57. The zero-order valence-electron chi connectivity index (χ0n) is 17.7. The van der Waals surface area contributed by atoms with Gasteiger partial charge in [-0.1, -0.05) is 23.8 Å². The molecule has 0 saturated carbocycles. The van der Waals surface area contributed by atoms with Crippen LogP contribution >= 0.6 is 0 Å². The number of furan rings is 1. The number of nitrogens with zero attached hydrogens (tertiary/aromatic N) is 2. The lowest BCUT2D eigenvalue weighted by molar-refractivity contribution is -0.114. The predicted octanol–water partition coefficient (Wildman–Crippen LogP) is 5.03. The SMILES string of the molecule is CC(=O)Nc1ccc(-c2cc(C(=O)N(C)Cc3ccco3)c3cc(C)ccc3n2)cc1. The molecule has 2 amide bonds. The van der Waals surface area contributed by atoms with Crippen LogP contribution in [0.1, 0.15) is 28.6 Å². The number of amides is 2. The molecule has 0 radical (unpaired) electrons. The topological polar surface area (TPSA) is 75.4 Å². The minimum absolute atomic E-state index is 0.106. The van der Waals surface area contributed by atoms with Gasteiger partial charge in [0.05, 0.1) is 29.6 Å². The van der Waals surface area contributed by atoms with Crippen molar-refractivity contribution in [2.75, 3.05) is 12.4 Å². The highest BCUT2D eigenvalue weighted by Crippen LogP contribution is 2.28. The third-order valence-corrected chi connectivity index (χ3v) is 5.02. The van der Waals surface area contributed by atoms with Crippen molar-refractivity contribution in [3.8, 4) is 11.3 Å². The fourth-order valence-corrected chi connectivity index (χ4v) is 3.51. The van der Waals surface area contributed by atoms with Crippen molar-refractivity contribution in [3.05, 3.63) is 83.8 Å². The van der Waals surface area contributed by atoms with E-state index in [1.54, 1.807) is 18.2 Å². The van der Waals surface area contributed by atoms with E-state index in [4.69, 9.17) is 9.40 Å². The Hall–Kier alpha value is -3.93. The first-order chi connectivity index (χ1) is 14.9. The van der Waals surface area contributed by atoms with Crippen LogP contribution in [0.2, 0.25) is 0 Å². The van der Waals surface area contributed by atoms with Gasteiger partial charge in [0, 0.05) is 30.6 Å². The lowest BCUT2D eigenvalue weighted by Crippen LogP contribution is -2.26. The first-order valence-electron chi connectivity index (χ1n) is 9.98. The van der Waals surface area contributed by atoms with Gasteiger partial charge in [0.15, 0.2) is 0 Å². The predicted molar refractivity (Wildman–Crippen MR) is 121 cm³/mol. The van der Waals surface area contributed by atoms with E-state index in [2.05, 4.69) is 5.32 Å². The molecule has 0 spiro atoms. The number of rotatable bonds is 5. The number of nitrogens with one attached hydrogen (secondary N) is 1. The number of pyridine rings is 1. The van der Waals surface area contributed by atoms with Crippen molar-refractivity contribution in [1.82, 2.24) is 9.88 Å². The van der Waals surface area contributed by atoms with Crippen LogP contribution in [0.15, 0.2) is 71.3 Å². The summed E-state index contributed by atoms with van der Waals surface area (Å²) in [5, 5.41) is 3.57. The number of carbonyl (C=O) groups excluding carboxylic acids is 2. The summed E-state index contributed by atoms with van der Waals surface area (Å²) in [7, 11) is 1.76. The van der Waals surface area contributed by atoms with Gasteiger partial charge in [0.25, 0.3) is 5.91 Å². The minimum atomic E-state index is -0.126. The number of carbonyl (C=O) groups is 2. The molecule has 0 fully saturated rings. The Balaban J connectivity index is 1.75. The largest absolute Gasteiger partial charge is 0.467 e. The summed E-state index contributed by atoms with van der Waals surface area (Å²) in [6.07, 6.45) is 1.60. The van der Waals surface area contributed by atoms with E-state index in [9.17, 15) is 9.59 Å². The maximum atomic E-state index is 13.4. The van der Waals surface area contributed by atoms with Crippen molar-refractivity contribution in [2.24, 2.45) is 0 Å². The van der Waals surface area contributed by atoms with E-state index in [0.29, 0.717) is 23.5 Å². The minimum Gasteiger partial charge on any atom is -0.467 e. The van der Waals surface area contributed by atoms with Crippen molar-refractivity contribution in [3.63, 3.8) is 0 Å². The summed E-state index contributed by atoms with van der Waals surface area (Å²) in [5.41, 5.74) is 4.67. The Bertz CT molecular complexity index is 1250. The molecule has 6 nitrogen and oxygen atoms in total. The van der Waals surface area contributed by atoms with Crippen LogP contribution in [0.5, 0.6) is 0 Å². The second kappa shape index (κ2) is 8.44. The van der Waals surface area contributed by atoms with Crippen molar-refractivity contribution in [2.45, 2.75) is 20.4 Å². The maximum absolute atomic E-state index is 13.4. The second-order valence-corrected chi connectivity index (χ2v) is 7.57. The monoisotopic (exact) mass is 413 g/mol. The Labute approximate surface area is 180 Å². The fraction of sp³-hybridized carbons (Fsp3) is 0.160. The smallest absolute Gasteiger partial charge is 0.254 e. The van der Waals surface area contributed by atoms with Crippen LogP contribution in [0.3, 0.4) is 0 Å². The number of hydrogen-bond donors (Lipinski definition) is 1. The van der Waals surface area contributed by atoms with Crippen LogP contribution in [0.4, 0.5) is 5.69 Å². The Morgan fingerprint density at radius 2 is 1.84 bits per heavy atom. The lowest BCUT2D eigenvalue weighted by atomic mass is 10.0. The molecule has 0 saturated heterocycles. The molecule has 0 aliphatic carbocycles. The number of hydrogen-bond acceptors (Lipinski definition) is 4. The third kappa shape index (κ3) is 4.48. The van der Waals surface area contributed by atoms with Crippen LogP contribution in [-0.4, -0.2) is 28.7 Å². The number of aromatic nitrogens is 1. The average molecular weight is 413 g/mol. The summed E-state index contributed by atoms with van der Waals surface area (Å²) < 4.78 is 5.39. The van der Waals surface area contributed by atoms with Gasteiger partial charge in [-0.05, 0) is 49.4 Å². The van der Waals surface area contributed by atoms with Crippen LogP contribution in [-0.2, 0) is 11.3 Å². The normalized spacial score (nSPS) is 10.8. The van der Waals surface area contributed by atoms with E-state index in [1.807, 2.05) is 67.6 Å². The van der Waals surface area contributed by atoms with Crippen molar-refractivity contribution in [1.29, 1.82) is 0 Å². The molecule has 1 N–H and O–H groups in total. The summed E-state index contributed by atoms with van der Waals surface area (Å²) in [6.45, 7) is 3.84. The molecule has 0 bridgehead atoms. The summed E-state index contributed by atoms with van der Waals surface area (Å²) in [5.74, 6) is 0.490. The van der Waals surface area contributed by atoms with Gasteiger partial charge in [-0.2, -0.15) is 0 Å². The molecule has 0 unspecified atom stereocenters. The molecule has 4 aromatic rings. The highest BCUT2D eigenvalue weighted by molar-refractivity contribution is 6.07. The van der Waals surface area contributed by atoms with Gasteiger partial charge in [0.1, 0.15) is 5.76 Å². The fourth-order valence-electron chi connectivity index (χ4n) is 3.51. The molecule has 2 aromatic heterocycles. The van der Waals surface area contributed by atoms with Gasteiger partial charge >= 0.3 is 0 Å². The van der Waals surface area contributed by atoms with E-state index in [0.717, 1.165) is 27.8 Å². The zero-order chi connectivity index (χ0) is 22.0. The lowest BCUT2D eigenvalue weighted by Gasteiger charge is -2.18. The van der Waals surface area contributed by atoms with Gasteiger partial charge in [-0.25, -0.2) is 4.98 Å². The maximum Gasteiger partial charge on any atom is 0.254 e. The van der Waals surface area contributed by atoms with Crippen molar-refractivity contribution >= 4 is 28.4 Å². The Morgan fingerprint density at radius 3 is 2.52 bits per heavy atom. The molecule has 6 heteroatoms. The molecular formula is C25H23N3O3. The summed E-state index contributed by atoms with van der Waals surface area (Å²) >= 11 is 0. The summed E-state index contributed by atoms with van der Waals surface area (Å²) in [6, 6.07) is 18.8. The first-order valence-corrected chi connectivity index (χ1v) is 9.98.